The van der Waals surface area contributed by atoms with Gasteiger partial charge in [0.1, 0.15) is 5.75 Å². The summed E-state index contributed by atoms with van der Waals surface area (Å²) in [4.78, 5) is 14.9. The number of amides is 1. The molecule has 2 rings (SSSR count). The summed E-state index contributed by atoms with van der Waals surface area (Å²) in [7, 11) is 3.29. The number of hydrogen-bond acceptors (Lipinski definition) is 4. The van der Waals surface area contributed by atoms with E-state index in [-0.39, 0.29) is 12.5 Å². The number of carbonyl (C=O) groups is 1. The van der Waals surface area contributed by atoms with E-state index in [9.17, 15) is 9.90 Å². The lowest BCUT2D eigenvalue weighted by Gasteiger charge is -2.21. The van der Waals surface area contributed by atoms with Crippen molar-refractivity contribution in [2.45, 2.75) is 13.0 Å². The van der Waals surface area contributed by atoms with Crippen LogP contribution in [0.4, 0.5) is 0 Å². The molecule has 1 atom stereocenters. The normalized spacial score (nSPS) is 12.8. The zero-order valence-corrected chi connectivity index (χ0v) is 14.3. The van der Waals surface area contributed by atoms with E-state index < -0.39 is 6.10 Å². The summed E-state index contributed by atoms with van der Waals surface area (Å²) in [5, 5.41) is 12.3. The Morgan fingerprint density at radius 2 is 2.04 bits per heavy atom. The van der Waals surface area contributed by atoms with Gasteiger partial charge in [-0.15, -0.1) is 11.3 Å². The molecular weight excluding hydrogens is 310 g/mol. The topological polar surface area (TPSA) is 49.8 Å². The molecule has 0 aliphatic carbocycles. The minimum atomic E-state index is -0.732. The number of carbonyl (C=O) groups excluding carboxylic acids is 1. The van der Waals surface area contributed by atoms with E-state index in [1.165, 1.54) is 4.90 Å². The summed E-state index contributed by atoms with van der Waals surface area (Å²) >= 11 is 1.59. The van der Waals surface area contributed by atoms with Gasteiger partial charge in [-0.05, 0) is 42.1 Å². The van der Waals surface area contributed by atoms with Gasteiger partial charge < -0.3 is 14.7 Å². The Morgan fingerprint density at radius 3 is 2.61 bits per heavy atom. The van der Waals surface area contributed by atoms with Gasteiger partial charge >= 0.3 is 0 Å². The molecule has 0 radical (unpaired) electrons. The van der Waals surface area contributed by atoms with Crippen molar-refractivity contribution in [1.29, 1.82) is 0 Å². The number of rotatable bonds is 6. The first-order valence-corrected chi connectivity index (χ1v) is 8.18. The van der Waals surface area contributed by atoms with Gasteiger partial charge in [0.05, 0.1) is 19.8 Å². The van der Waals surface area contributed by atoms with Crippen molar-refractivity contribution in [2.75, 3.05) is 20.7 Å². The van der Waals surface area contributed by atoms with Gasteiger partial charge in [0.25, 0.3) is 0 Å². The SMILES string of the molecule is COc1ccc(C(O)CN(C)C(=O)/C(C)=C/c2cccs2)cc1. The van der Waals surface area contributed by atoms with Crippen LogP contribution < -0.4 is 4.74 Å². The Morgan fingerprint density at radius 1 is 1.35 bits per heavy atom. The molecule has 23 heavy (non-hydrogen) atoms. The van der Waals surface area contributed by atoms with Crippen molar-refractivity contribution in [2.24, 2.45) is 0 Å². The summed E-state index contributed by atoms with van der Waals surface area (Å²) in [6.45, 7) is 2.03. The Bertz CT molecular complexity index is 662. The largest absolute Gasteiger partial charge is 0.497 e. The van der Waals surface area contributed by atoms with Crippen LogP contribution in [0.1, 0.15) is 23.5 Å². The van der Waals surface area contributed by atoms with Gasteiger partial charge in [-0.1, -0.05) is 18.2 Å². The number of aliphatic hydroxyl groups excluding tert-OH is 1. The van der Waals surface area contributed by atoms with Crippen LogP contribution >= 0.6 is 11.3 Å². The molecule has 1 aromatic carbocycles. The number of methoxy groups -OCH3 is 1. The third-order valence-electron chi connectivity index (χ3n) is 3.53. The first-order valence-electron chi connectivity index (χ1n) is 7.30. The molecule has 1 aromatic heterocycles. The molecule has 1 N–H and O–H groups in total. The monoisotopic (exact) mass is 331 g/mol. The number of thiophene rings is 1. The maximum absolute atomic E-state index is 12.4. The van der Waals surface area contributed by atoms with Crippen molar-refractivity contribution in [3.8, 4) is 5.75 Å². The Kier molecular flexibility index (Phi) is 5.96. The van der Waals surface area contributed by atoms with Crippen LogP contribution in [0.2, 0.25) is 0 Å². The van der Waals surface area contributed by atoms with Crippen molar-refractivity contribution >= 4 is 23.3 Å². The molecule has 122 valence electrons. The maximum atomic E-state index is 12.4. The first-order chi connectivity index (χ1) is 11.0. The summed E-state index contributed by atoms with van der Waals surface area (Å²) in [6.07, 6.45) is 1.13. The van der Waals surface area contributed by atoms with Crippen molar-refractivity contribution in [1.82, 2.24) is 4.90 Å². The second kappa shape index (κ2) is 7.94. The summed E-state index contributed by atoms with van der Waals surface area (Å²) in [5.41, 5.74) is 1.40. The second-order valence-corrected chi connectivity index (χ2v) is 6.30. The molecule has 2 aromatic rings. The Balaban J connectivity index is 1.99. The molecule has 1 unspecified atom stereocenters. The molecule has 4 nitrogen and oxygen atoms in total. The van der Waals surface area contributed by atoms with E-state index >= 15 is 0 Å². The predicted octanol–water partition coefficient (Wildman–Crippen LogP) is 3.35. The maximum Gasteiger partial charge on any atom is 0.249 e. The lowest BCUT2D eigenvalue weighted by atomic mass is 10.1. The quantitative estimate of drug-likeness (QED) is 0.826. The fourth-order valence-corrected chi connectivity index (χ4v) is 2.94. The number of ether oxygens (including phenoxy) is 1. The van der Waals surface area contributed by atoms with Gasteiger partial charge in [0.15, 0.2) is 0 Å². The number of benzene rings is 1. The highest BCUT2D eigenvalue weighted by atomic mass is 32.1. The van der Waals surface area contributed by atoms with Gasteiger partial charge in [-0.25, -0.2) is 0 Å². The van der Waals surface area contributed by atoms with E-state index in [0.717, 1.165) is 16.2 Å². The zero-order valence-electron chi connectivity index (χ0n) is 13.5. The van der Waals surface area contributed by atoms with E-state index in [1.54, 1.807) is 56.7 Å². The molecule has 5 heteroatoms. The third-order valence-corrected chi connectivity index (χ3v) is 4.35. The molecule has 0 saturated carbocycles. The molecular formula is C18H21NO3S. The van der Waals surface area contributed by atoms with Gasteiger partial charge in [0.2, 0.25) is 5.91 Å². The lowest BCUT2D eigenvalue weighted by molar-refractivity contribution is -0.127. The molecule has 0 spiro atoms. The number of hydrogen-bond donors (Lipinski definition) is 1. The molecule has 0 aliphatic heterocycles. The number of likely N-dealkylation sites (N-methyl/N-ethyl adjacent to an activating group) is 1. The highest BCUT2D eigenvalue weighted by molar-refractivity contribution is 7.10. The van der Waals surface area contributed by atoms with Crippen molar-refractivity contribution < 1.29 is 14.6 Å². The van der Waals surface area contributed by atoms with Gasteiger partial charge in [-0.2, -0.15) is 0 Å². The number of nitrogens with zero attached hydrogens (tertiary/aromatic N) is 1. The summed E-state index contributed by atoms with van der Waals surface area (Å²) in [6, 6.07) is 11.1. The summed E-state index contributed by atoms with van der Waals surface area (Å²) in [5.74, 6) is 0.645. The lowest BCUT2D eigenvalue weighted by Crippen LogP contribution is -2.31. The molecule has 0 bridgehead atoms. The van der Waals surface area contributed by atoms with Crippen LogP contribution in [0.5, 0.6) is 5.75 Å². The van der Waals surface area contributed by atoms with Crippen LogP contribution in [-0.2, 0) is 4.79 Å². The van der Waals surface area contributed by atoms with E-state index in [1.807, 2.05) is 23.6 Å². The van der Waals surface area contributed by atoms with Gasteiger partial charge in [-0.3, -0.25) is 4.79 Å². The fraction of sp³-hybridized carbons (Fsp3) is 0.278. The average molecular weight is 331 g/mol. The minimum Gasteiger partial charge on any atom is -0.497 e. The van der Waals surface area contributed by atoms with Crippen LogP contribution in [0.25, 0.3) is 6.08 Å². The van der Waals surface area contributed by atoms with Gasteiger partial charge in [0, 0.05) is 17.5 Å². The average Bonchev–Trinajstić information content (AvgIpc) is 3.06. The van der Waals surface area contributed by atoms with E-state index in [0.29, 0.717) is 5.57 Å². The summed E-state index contributed by atoms with van der Waals surface area (Å²) < 4.78 is 5.10. The second-order valence-electron chi connectivity index (χ2n) is 5.32. The molecule has 0 aliphatic rings. The molecule has 1 heterocycles. The van der Waals surface area contributed by atoms with Crippen molar-refractivity contribution in [3.05, 3.63) is 57.8 Å². The van der Waals surface area contributed by atoms with Crippen LogP contribution in [-0.4, -0.2) is 36.6 Å². The molecule has 0 fully saturated rings. The Labute approximate surface area is 140 Å². The standard InChI is InChI=1S/C18H21NO3S/c1-13(11-16-5-4-10-23-16)18(21)19(2)12-17(20)14-6-8-15(22-3)9-7-14/h4-11,17,20H,12H2,1-3H3/b13-11+. The van der Waals surface area contributed by atoms with Crippen molar-refractivity contribution in [3.63, 3.8) is 0 Å². The zero-order chi connectivity index (χ0) is 16.8. The van der Waals surface area contributed by atoms with Crippen LogP contribution in [0, 0.1) is 0 Å². The minimum absolute atomic E-state index is 0.0917. The smallest absolute Gasteiger partial charge is 0.249 e. The molecule has 0 saturated heterocycles. The highest BCUT2D eigenvalue weighted by Gasteiger charge is 2.16. The third kappa shape index (κ3) is 4.68. The highest BCUT2D eigenvalue weighted by Crippen LogP contribution is 2.19. The van der Waals surface area contributed by atoms with E-state index in [2.05, 4.69) is 0 Å². The van der Waals surface area contributed by atoms with Crippen LogP contribution in [0.15, 0.2) is 47.4 Å². The predicted molar refractivity (Wildman–Crippen MR) is 93.6 cm³/mol. The Hall–Kier alpha value is -2.11. The molecule has 1 amide bonds. The fourth-order valence-electron chi connectivity index (χ4n) is 2.22. The van der Waals surface area contributed by atoms with Crippen LogP contribution in [0.3, 0.4) is 0 Å². The number of aliphatic hydroxyl groups is 1. The van der Waals surface area contributed by atoms with E-state index in [4.69, 9.17) is 4.74 Å². The first kappa shape index (κ1) is 17.2.